The fraction of sp³-hybridized carbons (Fsp3) is 0.308. The van der Waals surface area contributed by atoms with Crippen LogP contribution < -0.4 is 0 Å². The van der Waals surface area contributed by atoms with Gasteiger partial charge in [-0.25, -0.2) is 0 Å². The molecule has 1 heterocycles. The predicted octanol–water partition coefficient (Wildman–Crippen LogP) is 3.91. The molecule has 0 fully saturated rings. The minimum absolute atomic E-state index is 0.587. The number of hydrogen-bond donors (Lipinski definition) is 0. The van der Waals surface area contributed by atoms with Crippen LogP contribution in [0.2, 0.25) is 0 Å². The molecule has 0 bridgehead atoms. The molecule has 0 N–H and O–H groups in total. The number of thioether (sulfide) groups is 1. The zero-order valence-electron chi connectivity index (χ0n) is 7.99. The van der Waals surface area contributed by atoms with E-state index < -0.39 is 0 Å². The third-order valence-corrected chi connectivity index (χ3v) is 4.09. The Morgan fingerprint density at radius 2 is 2.21 bits per heavy atom. The van der Waals surface area contributed by atoms with E-state index in [1.807, 2.05) is 11.8 Å². The van der Waals surface area contributed by atoms with E-state index in [9.17, 15) is 0 Å². The van der Waals surface area contributed by atoms with E-state index in [4.69, 9.17) is 0 Å². The maximum absolute atomic E-state index is 3.61. The van der Waals surface area contributed by atoms with Crippen molar-refractivity contribution in [3.63, 3.8) is 0 Å². The second-order valence-corrected chi connectivity index (χ2v) is 4.95. The van der Waals surface area contributed by atoms with E-state index in [1.165, 1.54) is 34.6 Å². The third kappa shape index (κ3) is 1.40. The van der Waals surface area contributed by atoms with E-state index in [0.717, 1.165) is 0 Å². The first kappa shape index (κ1) is 8.60. The van der Waals surface area contributed by atoms with Crippen LogP contribution in [-0.4, -0.2) is 0 Å². The lowest BCUT2D eigenvalue weighted by atomic mass is 9.89. The minimum atomic E-state index is 0.587. The molecule has 1 aromatic rings. The first-order valence-corrected chi connectivity index (χ1v) is 5.98. The summed E-state index contributed by atoms with van der Waals surface area (Å²) in [5.41, 5.74) is 1.31. The van der Waals surface area contributed by atoms with Crippen molar-refractivity contribution in [3.8, 4) is 0 Å². The van der Waals surface area contributed by atoms with Crippen LogP contribution in [0, 0.1) is 12.3 Å². The Morgan fingerprint density at radius 1 is 1.29 bits per heavy atom. The molecule has 1 aliphatic heterocycles. The molecule has 1 heteroatoms. The molecule has 1 aromatic carbocycles. The van der Waals surface area contributed by atoms with Gasteiger partial charge in [-0.1, -0.05) is 36.0 Å². The van der Waals surface area contributed by atoms with E-state index in [0.29, 0.717) is 5.92 Å². The van der Waals surface area contributed by atoms with E-state index in [1.54, 1.807) is 0 Å². The Labute approximate surface area is 89.4 Å². The van der Waals surface area contributed by atoms with E-state index in [2.05, 4.69) is 36.8 Å². The highest BCUT2D eigenvalue weighted by atomic mass is 32.2. The highest BCUT2D eigenvalue weighted by Gasteiger charge is 2.25. The molecule has 0 saturated heterocycles. The highest BCUT2D eigenvalue weighted by molar-refractivity contribution is 8.03. The zero-order valence-corrected chi connectivity index (χ0v) is 8.81. The van der Waals surface area contributed by atoms with Gasteiger partial charge in [0.2, 0.25) is 0 Å². The lowest BCUT2D eigenvalue weighted by Gasteiger charge is -2.28. The largest absolute Gasteiger partial charge is 0.0942 e. The summed E-state index contributed by atoms with van der Waals surface area (Å²) in [7, 11) is 0. The lowest BCUT2D eigenvalue weighted by molar-refractivity contribution is 0.593. The van der Waals surface area contributed by atoms with Crippen LogP contribution in [-0.2, 0) is 0 Å². The molecule has 1 atom stereocenters. The molecule has 0 spiro atoms. The second-order valence-electron chi connectivity index (χ2n) is 3.83. The van der Waals surface area contributed by atoms with Gasteiger partial charge < -0.3 is 0 Å². The molecular weight excluding hydrogens is 188 g/mol. The minimum Gasteiger partial charge on any atom is -0.0942 e. The van der Waals surface area contributed by atoms with Crippen LogP contribution in [0.15, 0.2) is 40.1 Å². The van der Waals surface area contributed by atoms with Crippen molar-refractivity contribution in [2.24, 2.45) is 5.92 Å². The van der Waals surface area contributed by atoms with Crippen molar-refractivity contribution in [2.75, 3.05) is 0 Å². The molecule has 1 aliphatic carbocycles. The zero-order chi connectivity index (χ0) is 9.38. The van der Waals surface area contributed by atoms with Crippen molar-refractivity contribution in [1.29, 1.82) is 0 Å². The molecule has 0 amide bonds. The topological polar surface area (TPSA) is 0 Å². The summed E-state index contributed by atoms with van der Waals surface area (Å²) in [6.45, 7) is 0. The van der Waals surface area contributed by atoms with Gasteiger partial charge >= 0.3 is 0 Å². The molecule has 3 rings (SSSR count). The first-order valence-electron chi connectivity index (χ1n) is 5.17. The number of allylic oxidation sites excluding steroid dienone is 2. The van der Waals surface area contributed by atoms with Gasteiger partial charge in [-0.3, -0.25) is 0 Å². The monoisotopic (exact) mass is 200 g/mol. The van der Waals surface area contributed by atoms with Crippen molar-refractivity contribution >= 4 is 11.8 Å². The normalized spacial score (nSPS) is 24.9. The number of rotatable bonds is 0. The van der Waals surface area contributed by atoms with Crippen molar-refractivity contribution in [3.05, 3.63) is 47.2 Å². The molecule has 70 valence electrons. The first-order chi connectivity index (χ1) is 6.93. The highest BCUT2D eigenvalue weighted by Crippen LogP contribution is 2.46. The van der Waals surface area contributed by atoms with E-state index >= 15 is 0 Å². The fourth-order valence-corrected chi connectivity index (χ4v) is 3.25. The SMILES string of the molecule is [C]1c2ccccc2SC2=CCCCC12. The molecule has 1 unspecified atom stereocenters. The van der Waals surface area contributed by atoms with Gasteiger partial charge in [0.05, 0.1) is 0 Å². The number of benzene rings is 1. The second kappa shape index (κ2) is 3.47. The lowest BCUT2D eigenvalue weighted by Crippen LogP contribution is -2.12. The van der Waals surface area contributed by atoms with Gasteiger partial charge in [-0.05, 0) is 35.8 Å². The Morgan fingerprint density at radius 3 is 3.21 bits per heavy atom. The van der Waals surface area contributed by atoms with Gasteiger partial charge in [0.25, 0.3) is 0 Å². The summed E-state index contributed by atoms with van der Waals surface area (Å²) in [5, 5.41) is 0. The predicted molar refractivity (Wildman–Crippen MR) is 60.1 cm³/mol. The Bertz CT molecular complexity index is 379. The maximum atomic E-state index is 3.61. The summed E-state index contributed by atoms with van der Waals surface area (Å²) >= 11 is 1.94. The Hall–Kier alpha value is -0.690. The maximum Gasteiger partial charge on any atom is 0.0262 e. The van der Waals surface area contributed by atoms with Gasteiger partial charge in [-0.2, -0.15) is 0 Å². The molecule has 14 heavy (non-hydrogen) atoms. The molecule has 0 aromatic heterocycles. The van der Waals surface area contributed by atoms with Crippen LogP contribution >= 0.6 is 11.8 Å². The summed E-state index contributed by atoms with van der Waals surface area (Å²) < 4.78 is 0. The number of fused-ring (bicyclic) bond motifs is 2. The van der Waals surface area contributed by atoms with Crippen molar-refractivity contribution < 1.29 is 0 Å². The average Bonchev–Trinajstić information content (AvgIpc) is 2.26. The smallest absolute Gasteiger partial charge is 0.0262 e. The third-order valence-electron chi connectivity index (χ3n) is 2.83. The molecule has 0 saturated carbocycles. The standard InChI is InChI=1S/C13H12S/c1-3-7-12-10(5-1)9-11-6-2-4-8-13(11)14-12/h1,3,5,7-8,11H,2,4,6H2. The van der Waals surface area contributed by atoms with Crippen LogP contribution in [0.3, 0.4) is 0 Å². The van der Waals surface area contributed by atoms with Crippen molar-refractivity contribution in [2.45, 2.75) is 24.2 Å². The van der Waals surface area contributed by atoms with Crippen molar-refractivity contribution in [1.82, 2.24) is 0 Å². The van der Waals surface area contributed by atoms with Crippen LogP contribution in [0.4, 0.5) is 0 Å². The van der Waals surface area contributed by atoms with Crippen LogP contribution in [0.1, 0.15) is 24.8 Å². The summed E-state index contributed by atoms with van der Waals surface area (Å²) in [4.78, 5) is 2.90. The van der Waals surface area contributed by atoms with E-state index in [-0.39, 0.29) is 0 Å². The molecule has 2 radical (unpaired) electrons. The van der Waals surface area contributed by atoms with Gasteiger partial charge in [0.15, 0.2) is 0 Å². The summed E-state index contributed by atoms with van der Waals surface area (Å²) in [5.74, 6) is 0.587. The Kier molecular flexibility index (Phi) is 2.13. The quantitative estimate of drug-likeness (QED) is 0.612. The fourth-order valence-electron chi connectivity index (χ4n) is 2.10. The molecular formula is C13H12S. The van der Waals surface area contributed by atoms with Gasteiger partial charge in [0, 0.05) is 17.2 Å². The van der Waals surface area contributed by atoms with Crippen LogP contribution in [0.25, 0.3) is 0 Å². The van der Waals surface area contributed by atoms with Gasteiger partial charge in [-0.15, -0.1) is 0 Å². The van der Waals surface area contributed by atoms with Gasteiger partial charge in [0.1, 0.15) is 0 Å². The average molecular weight is 200 g/mol. The van der Waals surface area contributed by atoms with Crippen LogP contribution in [0.5, 0.6) is 0 Å². The summed E-state index contributed by atoms with van der Waals surface area (Å²) in [6, 6.07) is 8.58. The summed E-state index contributed by atoms with van der Waals surface area (Å²) in [6.07, 6.45) is 9.86. The Balaban J connectivity index is 2.00. The molecule has 0 nitrogen and oxygen atoms in total. The number of hydrogen-bond acceptors (Lipinski definition) is 1. The molecule has 2 aliphatic rings.